The average Bonchev–Trinajstić information content (AvgIpc) is 2.06. The number of carbonyl (C=O) groups excluding carboxylic acids is 2. The largest absolute Gasteiger partial charge is 0.478 e. The number of carboxylic acids is 1. The summed E-state index contributed by atoms with van der Waals surface area (Å²) in [4.78, 5) is 31.1. The normalized spacial score (nSPS) is 6.77. The van der Waals surface area contributed by atoms with Crippen LogP contribution in [0, 0.1) is 5.41 Å². The Labute approximate surface area is 74.1 Å². The lowest BCUT2D eigenvalue weighted by Gasteiger charge is -1.92. The monoisotopic (exact) mass is 184 g/mol. The summed E-state index contributed by atoms with van der Waals surface area (Å²) in [6.07, 6.45) is 2.25. The van der Waals surface area contributed by atoms with Crippen LogP contribution in [0.4, 0.5) is 0 Å². The molecule has 13 heavy (non-hydrogen) atoms. The van der Waals surface area contributed by atoms with Crippen molar-refractivity contribution in [2.24, 2.45) is 4.99 Å². The summed E-state index contributed by atoms with van der Waals surface area (Å²) in [5.74, 6) is -1.05. The van der Waals surface area contributed by atoms with E-state index in [0.29, 0.717) is 0 Å². The van der Waals surface area contributed by atoms with Crippen LogP contribution >= 0.6 is 0 Å². The first-order valence-electron chi connectivity index (χ1n) is 3.08. The highest BCUT2D eigenvalue weighted by Gasteiger charge is 2.00. The minimum atomic E-state index is -1.05. The van der Waals surface area contributed by atoms with Crippen LogP contribution < -0.4 is 0 Å². The molecule has 0 fully saturated rings. The minimum absolute atomic E-state index is 0.0546. The zero-order valence-corrected chi connectivity index (χ0v) is 6.74. The van der Waals surface area contributed by atoms with E-state index in [2.05, 4.69) is 11.6 Å². The summed E-state index contributed by atoms with van der Waals surface area (Å²) in [6.45, 7) is 3.38. The lowest BCUT2D eigenvalue weighted by molar-refractivity contribution is -0.132. The van der Waals surface area contributed by atoms with E-state index in [4.69, 9.17) is 15.3 Å². The third kappa shape index (κ3) is 13.0. The zero-order chi connectivity index (χ0) is 10.7. The molecule has 70 valence electrons. The van der Waals surface area contributed by atoms with Gasteiger partial charge >= 0.3 is 5.97 Å². The van der Waals surface area contributed by atoms with Crippen molar-refractivity contribution in [3.8, 4) is 0 Å². The fourth-order valence-corrected chi connectivity index (χ4v) is 0.343. The molecule has 0 bridgehead atoms. The molecule has 0 aliphatic heterocycles. The molecule has 0 spiro atoms. The van der Waals surface area contributed by atoms with Crippen molar-refractivity contribution in [1.29, 1.82) is 5.41 Å². The zero-order valence-electron chi connectivity index (χ0n) is 6.74. The summed E-state index contributed by atoms with van der Waals surface area (Å²) in [5.41, 5.74) is 0.0546. The standard InChI is InChI=1S/C6H7NO3.CHNO/c1-5(6(9)10)2-3-7-4-8;2-1-3/h1-3H2,(H,9,10);2H. The minimum Gasteiger partial charge on any atom is -0.478 e. The molecular weight excluding hydrogens is 176 g/mol. The number of carbonyl (C=O) groups is 1. The molecule has 6 heteroatoms. The van der Waals surface area contributed by atoms with Gasteiger partial charge < -0.3 is 5.11 Å². The number of isocyanates is 2. The molecule has 0 aromatic carbocycles. The molecule has 0 atom stereocenters. The topological polar surface area (TPSA) is 108 Å². The van der Waals surface area contributed by atoms with Gasteiger partial charge in [-0.25, -0.2) is 24.8 Å². The predicted molar refractivity (Wildman–Crippen MR) is 42.8 cm³/mol. The average molecular weight is 184 g/mol. The fourth-order valence-electron chi connectivity index (χ4n) is 0.343. The molecule has 0 aliphatic rings. The van der Waals surface area contributed by atoms with Crippen molar-refractivity contribution < 1.29 is 19.5 Å². The summed E-state index contributed by atoms with van der Waals surface area (Å²) in [6, 6.07) is 0. The molecular formula is C7H8N2O4. The maximum absolute atomic E-state index is 10.1. The fraction of sp³-hybridized carbons (Fsp3) is 0.286. The first kappa shape index (κ1) is 13.6. The number of nitrogens with one attached hydrogen (secondary N) is 1. The molecule has 0 rings (SSSR count). The molecule has 6 nitrogen and oxygen atoms in total. The van der Waals surface area contributed by atoms with Gasteiger partial charge in [-0.1, -0.05) is 6.58 Å². The van der Waals surface area contributed by atoms with Gasteiger partial charge in [0.05, 0.1) is 6.54 Å². The lowest BCUT2D eigenvalue weighted by Crippen LogP contribution is -1.99. The second-order valence-electron chi connectivity index (χ2n) is 1.73. The van der Waals surface area contributed by atoms with E-state index >= 15 is 0 Å². The van der Waals surface area contributed by atoms with Gasteiger partial charge in [-0.2, -0.15) is 0 Å². The van der Waals surface area contributed by atoms with Crippen molar-refractivity contribution in [2.45, 2.75) is 6.42 Å². The molecule has 0 heterocycles. The van der Waals surface area contributed by atoms with Crippen molar-refractivity contribution >= 4 is 18.1 Å². The second-order valence-corrected chi connectivity index (χ2v) is 1.73. The summed E-state index contributed by atoms with van der Waals surface area (Å²) < 4.78 is 0. The Kier molecular flexibility index (Phi) is 10.4. The van der Waals surface area contributed by atoms with Crippen LogP contribution in [0.3, 0.4) is 0 Å². The maximum Gasteiger partial charge on any atom is 0.331 e. The van der Waals surface area contributed by atoms with Gasteiger partial charge in [0.2, 0.25) is 12.2 Å². The molecule has 0 saturated carbocycles. The van der Waals surface area contributed by atoms with E-state index in [1.807, 2.05) is 0 Å². The van der Waals surface area contributed by atoms with Crippen molar-refractivity contribution in [3.05, 3.63) is 12.2 Å². The van der Waals surface area contributed by atoms with Crippen molar-refractivity contribution in [2.75, 3.05) is 6.54 Å². The molecule has 0 aliphatic carbocycles. The van der Waals surface area contributed by atoms with E-state index in [1.54, 1.807) is 0 Å². The summed E-state index contributed by atoms with van der Waals surface area (Å²) >= 11 is 0. The third-order valence-electron chi connectivity index (χ3n) is 0.892. The molecule has 0 saturated heterocycles. The van der Waals surface area contributed by atoms with Gasteiger partial charge in [-0.05, 0) is 6.42 Å². The van der Waals surface area contributed by atoms with Crippen LogP contribution in [0.2, 0.25) is 0 Å². The van der Waals surface area contributed by atoms with Crippen LogP contribution in [-0.2, 0) is 14.4 Å². The summed E-state index contributed by atoms with van der Waals surface area (Å²) in [5, 5.41) is 13.6. The number of rotatable bonds is 4. The first-order chi connectivity index (χ1) is 6.09. The van der Waals surface area contributed by atoms with Gasteiger partial charge in [0.25, 0.3) is 0 Å². The molecule has 0 amide bonds. The molecule has 0 aromatic heterocycles. The van der Waals surface area contributed by atoms with Crippen LogP contribution in [-0.4, -0.2) is 29.8 Å². The van der Waals surface area contributed by atoms with E-state index in [0.717, 1.165) is 6.08 Å². The highest BCUT2D eigenvalue weighted by molar-refractivity contribution is 5.85. The van der Waals surface area contributed by atoms with E-state index in [1.165, 1.54) is 6.08 Å². The number of hydrogen-bond acceptors (Lipinski definition) is 5. The van der Waals surface area contributed by atoms with E-state index < -0.39 is 5.97 Å². The summed E-state index contributed by atoms with van der Waals surface area (Å²) in [7, 11) is 0. The van der Waals surface area contributed by atoms with Crippen molar-refractivity contribution in [1.82, 2.24) is 0 Å². The Morgan fingerprint density at radius 1 is 1.54 bits per heavy atom. The smallest absolute Gasteiger partial charge is 0.331 e. The lowest BCUT2D eigenvalue weighted by atomic mass is 10.2. The number of hydrogen-bond donors (Lipinski definition) is 2. The molecule has 0 unspecified atom stereocenters. The molecule has 0 radical (unpaired) electrons. The quantitative estimate of drug-likeness (QED) is 0.371. The number of nitrogens with zero attached hydrogens (tertiary/aromatic N) is 1. The predicted octanol–water partition coefficient (Wildman–Crippen LogP) is 0.254. The van der Waals surface area contributed by atoms with Crippen LogP contribution in [0.25, 0.3) is 0 Å². The maximum atomic E-state index is 10.1. The van der Waals surface area contributed by atoms with E-state index in [9.17, 15) is 9.59 Å². The Morgan fingerprint density at radius 3 is 2.31 bits per heavy atom. The van der Waals surface area contributed by atoms with Gasteiger partial charge in [-0.3, -0.25) is 0 Å². The molecule has 0 aromatic rings. The van der Waals surface area contributed by atoms with E-state index in [-0.39, 0.29) is 18.5 Å². The number of aliphatic carboxylic acids is 1. The van der Waals surface area contributed by atoms with Gasteiger partial charge in [0.1, 0.15) is 0 Å². The highest BCUT2D eigenvalue weighted by atomic mass is 16.4. The SMILES string of the molecule is C=C(CCN=C=O)C(=O)O.N=C=O. The number of carboxylic acid groups (broad SMARTS) is 1. The first-order valence-corrected chi connectivity index (χ1v) is 3.08. The van der Waals surface area contributed by atoms with Crippen molar-refractivity contribution in [3.63, 3.8) is 0 Å². The Bertz CT molecular complexity index is 260. The van der Waals surface area contributed by atoms with Crippen LogP contribution in [0.5, 0.6) is 0 Å². The highest BCUT2D eigenvalue weighted by Crippen LogP contribution is 1.96. The van der Waals surface area contributed by atoms with Gasteiger partial charge in [0, 0.05) is 5.57 Å². The van der Waals surface area contributed by atoms with Crippen LogP contribution in [0.15, 0.2) is 17.1 Å². The van der Waals surface area contributed by atoms with Gasteiger partial charge in [0.15, 0.2) is 0 Å². The molecule has 2 N–H and O–H groups in total. The number of aliphatic imine (C=N–C) groups is 1. The Balaban J connectivity index is 0. The Morgan fingerprint density at radius 2 is 2.00 bits per heavy atom. The van der Waals surface area contributed by atoms with Gasteiger partial charge in [-0.15, -0.1) is 0 Å². The van der Waals surface area contributed by atoms with Crippen LogP contribution in [0.1, 0.15) is 6.42 Å². The third-order valence-corrected chi connectivity index (χ3v) is 0.892. The Hall–Kier alpha value is -2.03. The second kappa shape index (κ2) is 9.97.